The Hall–Kier alpha value is -1.95. The minimum Gasteiger partial charge on any atom is -0.423 e. The molecule has 0 bridgehead atoms. The topological polar surface area (TPSA) is 66.8 Å². The molecule has 0 aliphatic carbocycles. The number of benzene rings is 1. The van der Waals surface area contributed by atoms with Crippen molar-refractivity contribution in [3.05, 3.63) is 60.2 Å². The van der Waals surface area contributed by atoms with Gasteiger partial charge in [-0.1, -0.05) is 56.9 Å². The smallest absolute Gasteiger partial charge is 0.423 e. The summed E-state index contributed by atoms with van der Waals surface area (Å²) < 4.78 is 5.18. The number of aldehydes is 1. The zero-order chi connectivity index (χ0) is 19.0. The van der Waals surface area contributed by atoms with Crippen molar-refractivity contribution in [1.82, 2.24) is 0 Å². The van der Waals surface area contributed by atoms with Crippen LogP contribution in [-0.4, -0.2) is 30.6 Å². The second kappa shape index (κ2) is 15.9. The van der Waals surface area contributed by atoms with E-state index < -0.39 is 7.12 Å². The minimum atomic E-state index is -0.771. The highest BCUT2D eigenvalue weighted by molar-refractivity contribution is 6.61. The fraction of sp³-hybridized carbons (Fsp3) is 0.316. The van der Waals surface area contributed by atoms with E-state index in [0.29, 0.717) is 6.61 Å². The van der Waals surface area contributed by atoms with Crippen molar-refractivity contribution < 1.29 is 19.6 Å². The Morgan fingerprint density at radius 1 is 1.29 bits per heavy atom. The van der Waals surface area contributed by atoms with Gasteiger partial charge in [-0.2, -0.15) is 0 Å². The second-order valence-corrected chi connectivity index (χ2v) is 4.17. The lowest BCUT2D eigenvalue weighted by Crippen LogP contribution is -2.27. The molecule has 24 heavy (non-hydrogen) atoms. The third-order valence-corrected chi connectivity index (χ3v) is 2.78. The summed E-state index contributed by atoms with van der Waals surface area (Å²) in [5.41, 5.74) is 4.13. The lowest BCUT2D eigenvalue weighted by atomic mass is 9.79. The third kappa shape index (κ3) is 8.06. The van der Waals surface area contributed by atoms with Gasteiger partial charge in [-0.3, -0.25) is 0 Å². The van der Waals surface area contributed by atoms with Crippen molar-refractivity contribution >= 4 is 24.4 Å². The fourth-order valence-electron chi connectivity index (χ4n) is 1.96. The molecule has 1 aliphatic rings. The molecule has 0 saturated heterocycles. The predicted octanol–water partition coefficient (Wildman–Crippen LogP) is 2.89. The van der Waals surface area contributed by atoms with Crippen LogP contribution in [0.1, 0.15) is 38.8 Å². The molecule has 4 nitrogen and oxygen atoms in total. The van der Waals surface area contributed by atoms with Crippen molar-refractivity contribution in [2.24, 2.45) is 0 Å². The summed E-state index contributed by atoms with van der Waals surface area (Å²) >= 11 is 0. The fourth-order valence-corrected chi connectivity index (χ4v) is 1.96. The third-order valence-electron chi connectivity index (χ3n) is 2.78. The van der Waals surface area contributed by atoms with Crippen LogP contribution in [0.15, 0.2) is 49.1 Å². The first kappa shape index (κ1) is 24.3. The van der Waals surface area contributed by atoms with E-state index in [1.54, 1.807) is 6.08 Å². The SMILES string of the molecule is C=C/C=C(\C=C/C)c1ccc2c(c1)COB2O.CC.CC=O.CO. The highest BCUT2D eigenvalue weighted by atomic mass is 16.5. The number of rotatable bonds is 3. The van der Waals surface area contributed by atoms with Crippen LogP contribution in [0.2, 0.25) is 0 Å². The molecule has 0 spiro atoms. The predicted molar refractivity (Wildman–Crippen MR) is 103 cm³/mol. The van der Waals surface area contributed by atoms with E-state index in [2.05, 4.69) is 12.6 Å². The van der Waals surface area contributed by atoms with Crippen molar-refractivity contribution in [2.45, 2.75) is 34.3 Å². The lowest BCUT2D eigenvalue weighted by molar-refractivity contribution is -0.106. The maximum absolute atomic E-state index is 9.55. The molecule has 0 fully saturated rings. The van der Waals surface area contributed by atoms with Gasteiger partial charge >= 0.3 is 7.12 Å². The Balaban J connectivity index is 0. The molecule has 5 heteroatoms. The molecule has 1 aromatic rings. The zero-order valence-corrected chi connectivity index (χ0v) is 15.3. The largest absolute Gasteiger partial charge is 0.491 e. The van der Waals surface area contributed by atoms with Crippen LogP contribution in [0, 0.1) is 0 Å². The van der Waals surface area contributed by atoms with Crippen molar-refractivity contribution in [3.63, 3.8) is 0 Å². The Labute approximate surface area is 146 Å². The van der Waals surface area contributed by atoms with E-state index in [1.807, 2.05) is 51.1 Å². The number of aliphatic hydroxyl groups excluding tert-OH is 1. The van der Waals surface area contributed by atoms with E-state index in [-0.39, 0.29) is 0 Å². The summed E-state index contributed by atoms with van der Waals surface area (Å²) in [6, 6.07) is 5.97. The van der Waals surface area contributed by atoms with Crippen LogP contribution in [0.5, 0.6) is 0 Å². The molecule has 0 aromatic heterocycles. The highest BCUT2D eigenvalue weighted by Crippen LogP contribution is 2.19. The molecule has 0 unspecified atom stereocenters. The van der Waals surface area contributed by atoms with Gasteiger partial charge in [-0.15, -0.1) is 0 Å². The van der Waals surface area contributed by atoms with E-state index in [0.717, 1.165) is 35.6 Å². The average molecular weight is 332 g/mol. The molecule has 2 rings (SSSR count). The summed E-state index contributed by atoms with van der Waals surface area (Å²) in [7, 11) is 0.229. The molecular formula is C19H29BO4. The molecule has 1 aliphatic heterocycles. The highest BCUT2D eigenvalue weighted by Gasteiger charge is 2.26. The quantitative estimate of drug-likeness (QED) is 0.507. The molecule has 2 N–H and O–H groups in total. The van der Waals surface area contributed by atoms with Gasteiger partial charge in [-0.05, 0) is 42.1 Å². The van der Waals surface area contributed by atoms with E-state index >= 15 is 0 Å². The maximum atomic E-state index is 9.55. The van der Waals surface area contributed by atoms with Gasteiger partial charge in [0.05, 0.1) is 6.61 Å². The van der Waals surface area contributed by atoms with Crippen LogP contribution in [0.4, 0.5) is 0 Å². The Kier molecular flexibility index (Phi) is 16.1. The van der Waals surface area contributed by atoms with Crippen molar-refractivity contribution in [1.29, 1.82) is 0 Å². The van der Waals surface area contributed by atoms with Gasteiger partial charge in [0.1, 0.15) is 6.29 Å². The standard InChI is InChI=1S/C14H15BO2.C2H4O.C2H6.CH4O/c1-3-5-11(6-4-2)12-7-8-14-13(9-12)10-17-15(14)16;1-2-3;2*1-2/h3-9,16H,1,10H2,2H3;2H,1H3;1-2H3;2H,1H3/b6-4-,11-5+;;;. The number of fused-ring (bicyclic) bond motifs is 1. The Morgan fingerprint density at radius 3 is 2.38 bits per heavy atom. The summed E-state index contributed by atoms with van der Waals surface area (Å²) in [6.45, 7) is 11.6. The van der Waals surface area contributed by atoms with E-state index in [4.69, 9.17) is 14.6 Å². The number of allylic oxidation sites excluding steroid dienone is 5. The number of hydrogen-bond donors (Lipinski definition) is 2. The van der Waals surface area contributed by atoms with Crippen LogP contribution >= 0.6 is 0 Å². The van der Waals surface area contributed by atoms with Crippen LogP contribution in [0.25, 0.3) is 5.57 Å². The van der Waals surface area contributed by atoms with Crippen molar-refractivity contribution in [2.75, 3.05) is 7.11 Å². The molecular weight excluding hydrogens is 303 g/mol. The van der Waals surface area contributed by atoms with Gasteiger partial charge in [0.2, 0.25) is 0 Å². The molecule has 0 atom stereocenters. The second-order valence-electron chi connectivity index (χ2n) is 4.17. The maximum Gasteiger partial charge on any atom is 0.491 e. The first-order valence-corrected chi connectivity index (χ1v) is 7.90. The summed E-state index contributed by atoms with van der Waals surface area (Å²) in [5, 5.41) is 16.6. The van der Waals surface area contributed by atoms with Gasteiger partial charge in [0.15, 0.2) is 0 Å². The van der Waals surface area contributed by atoms with Gasteiger partial charge < -0.3 is 19.6 Å². The lowest BCUT2D eigenvalue weighted by Gasteiger charge is -2.05. The molecule has 0 amide bonds. The summed E-state index contributed by atoms with van der Waals surface area (Å²) in [6.07, 6.45) is 8.52. The normalized spacial score (nSPS) is 12.0. The van der Waals surface area contributed by atoms with E-state index in [9.17, 15) is 5.02 Å². The van der Waals surface area contributed by atoms with Crippen LogP contribution < -0.4 is 5.46 Å². The number of hydrogen-bond acceptors (Lipinski definition) is 4. The van der Waals surface area contributed by atoms with Crippen LogP contribution in [-0.2, 0) is 16.1 Å². The molecule has 132 valence electrons. The molecule has 0 radical (unpaired) electrons. The van der Waals surface area contributed by atoms with Gasteiger partial charge in [-0.25, -0.2) is 0 Å². The molecule has 1 heterocycles. The number of aliphatic hydroxyl groups is 1. The summed E-state index contributed by atoms with van der Waals surface area (Å²) in [4.78, 5) is 8.81. The van der Waals surface area contributed by atoms with E-state index in [1.165, 1.54) is 6.92 Å². The Bertz CT molecular complexity index is 536. The molecule has 0 saturated carbocycles. The average Bonchev–Trinajstić information content (AvgIpc) is 2.99. The van der Waals surface area contributed by atoms with Gasteiger partial charge in [0, 0.05) is 7.11 Å². The summed E-state index contributed by atoms with van der Waals surface area (Å²) in [5.74, 6) is 0. The Morgan fingerprint density at radius 2 is 1.88 bits per heavy atom. The minimum absolute atomic E-state index is 0.474. The first-order chi connectivity index (χ1) is 11.7. The number of carbonyl (C=O) groups is 1. The van der Waals surface area contributed by atoms with Crippen molar-refractivity contribution in [3.8, 4) is 0 Å². The zero-order valence-electron chi connectivity index (χ0n) is 15.3. The van der Waals surface area contributed by atoms with Gasteiger partial charge in [0.25, 0.3) is 0 Å². The first-order valence-electron chi connectivity index (χ1n) is 7.90. The number of carbonyl (C=O) groups excluding carboxylic acids is 1. The molecule has 1 aromatic carbocycles. The van der Waals surface area contributed by atoms with Crippen LogP contribution in [0.3, 0.4) is 0 Å². The monoisotopic (exact) mass is 332 g/mol.